The molecular weight excluding hydrogens is 196 g/mol. The Hall–Kier alpha value is -1.30. The summed E-state index contributed by atoms with van der Waals surface area (Å²) in [6, 6.07) is -0.270. The van der Waals surface area contributed by atoms with E-state index in [1.165, 1.54) is 4.90 Å². The van der Waals surface area contributed by atoms with Gasteiger partial charge in [-0.3, -0.25) is 9.80 Å². The molecule has 0 aromatic rings. The molecular formula is C9H18N4O2. The Morgan fingerprint density at radius 1 is 1.53 bits per heavy atom. The molecule has 6 heteroatoms. The Kier molecular flexibility index (Phi) is 4.36. The van der Waals surface area contributed by atoms with Crippen molar-refractivity contribution in [2.24, 2.45) is 5.84 Å². The lowest BCUT2D eigenvalue weighted by Gasteiger charge is -2.32. The Morgan fingerprint density at radius 3 is 2.93 bits per heavy atom. The predicted molar refractivity (Wildman–Crippen MR) is 55.8 cm³/mol. The number of nitrogens with one attached hydrogen (secondary N) is 1. The van der Waals surface area contributed by atoms with Crippen molar-refractivity contribution >= 4 is 11.9 Å². The molecule has 1 rings (SSSR count). The molecule has 3 N–H and O–H groups in total. The molecule has 1 heterocycles. The Bertz CT molecular complexity index is 244. The summed E-state index contributed by atoms with van der Waals surface area (Å²) in [4.78, 5) is 24.3. The number of carbonyl (C=O) groups is 2. The minimum atomic E-state index is -0.270. The third-order valence-corrected chi connectivity index (χ3v) is 2.25. The van der Waals surface area contributed by atoms with Gasteiger partial charge in [0, 0.05) is 19.6 Å². The van der Waals surface area contributed by atoms with E-state index in [-0.39, 0.29) is 18.5 Å². The molecule has 0 spiro atoms. The van der Waals surface area contributed by atoms with Crippen molar-refractivity contribution in [2.45, 2.75) is 19.8 Å². The Labute approximate surface area is 89.4 Å². The summed E-state index contributed by atoms with van der Waals surface area (Å²) < 4.78 is 0. The first-order chi connectivity index (χ1) is 7.15. The summed E-state index contributed by atoms with van der Waals surface area (Å²) in [5.41, 5.74) is 0. The van der Waals surface area contributed by atoms with Gasteiger partial charge in [-0.25, -0.2) is 10.6 Å². The van der Waals surface area contributed by atoms with Crippen LogP contribution in [0.2, 0.25) is 0 Å². The smallest absolute Gasteiger partial charge is 0.334 e. The molecule has 3 amide bonds. The van der Waals surface area contributed by atoms with E-state index in [1.54, 1.807) is 0 Å². The van der Waals surface area contributed by atoms with Crippen LogP contribution in [0.15, 0.2) is 0 Å². The number of carbonyl (C=O) groups excluding carboxylic acids is 2. The highest BCUT2D eigenvalue weighted by molar-refractivity contribution is 5.84. The van der Waals surface area contributed by atoms with Crippen molar-refractivity contribution in [2.75, 3.05) is 26.2 Å². The van der Waals surface area contributed by atoms with Crippen LogP contribution >= 0.6 is 0 Å². The van der Waals surface area contributed by atoms with Gasteiger partial charge in [0.05, 0.1) is 0 Å². The maximum absolute atomic E-state index is 11.5. The molecule has 0 atom stereocenters. The van der Waals surface area contributed by atoms with Gasteiger partial charge in [-0.05, 0) is 12.8 Å². The number of amides is 3. The first-order valence-corrected chi connectivity index (χ1v) is 5.23. The normalized spacial score (nSPS) is 16.8. The van der Waals surface area contributed by atoms with Gasteiger partial charge < -0.3 is 10.2 Å². The molecule has 0 aliphatic carbocycles. The standard InChI is InChI=1S/C9H18N4O2/c1-2-4-11-8(14)7-12-5-3-6-13(10)9(12)15/h2-7,10H2,1H3,(H,11,14). The van der Waals surface area contributed by atoms with E-state index in [9.17, 15) is 9.59 Å². The first kappa shape index (κ1) is 11.8. The molecule has 0 saturated carbocycles. The van der Waals surface area contributed by atoms with E-state index in [0.717, 1.165) is 17.9 Å². The van der Waals surface area contributed by atoms with Crippen LogP contribution in [-0.2, 0) is 4.79 Å². The van der Waals surface area contributed by atoms with Crippen LogP contribution in [0.5, 0.6) is 0 Å². The fourth-order valence-electron chi connectivity index (χ4n) is 1.45. The maximum Gasteiger partial charge on any atom is 0.334 e. The van der Waals surface area contributed by atoms with Gasteiger partial charge in [0.2, 0.25) is 5.91 Å². The monoisotopic (exact) mass is 214 g/mol. The van der Waals surface area contributed by atoms with Gasteiger partial charge in [-0.2, -0.15) is 0 Å². The van der Waals surface area contributed by atoms with E-state index in [4.69, 9.17) is 5.84 Å². The number of hydrogen-bond acceptors (Lipinski definition) is 3. The van der Waals surface area contributed by atoms with E-state index in [2.05, 4.69) is 5.32 Å². The summed E-state index contributed by atoms with van der Waals surface area (Å²) >= 11 is 0. The van der Waals surface area contributed by atoms with Gasteiger partial charge in [0.25, 0.3) is 0 Å². The highest BCUT2D eigenvalue weighted by Crippen LogP contribution is 2.04. The molecule has 15 heavy (non-hydrogen) atoms. The van der Waals surface area contributed by atoms with Crippen LogP contribution in [-0.4, -0.2) is 48.0 Å². The number of hydrazine groups is 1. The van der Waals surface area contributed by atoms with Crippen LogP contribution < -0.4 is 11.2 Å². The van der Waals surface area contributed by atoms with Crippen molar-refractivity contribution < 1.29 is 9.59 Å². The van der Waals surface area contributed by atoms with Gasteiger partial charge >= 0.3 is 6.03 Å². The largest absolute Gasteiger partial charge is 0.355 e. The summed E-state index contributed by atoms with van der Waals surface area (Å²) in [6.07, 6.45) is 1.70. The number of rotatable bonds is 4. The lowest BCUT2D eigenvalue weighted by atomic mass is 10.3. The summed E-state index contributed by atoms with van der Waals surface area (Å²) in [5.74, 6) is 5.33. The van der Waals surface area contributed by atoms with Crippen molar-refractivity contribution in [3.05, 3.63) is 0 Å². The third-order valence-electron chi connectivity index (χ3n) is 2.25. The molecule has 0 radical (unpaired) electrons. The zero-order valence-electron chi connectivity index (χ0n) is 9.03. The van der Waals surface area contributed by atoms with E-state index in [1.807, 2.05) is 6.92 Å². The van der Waals surface area contributed by atoms with Crippen LogP contribution in [0.1, 0.15) is 19.8 Å². The summed E-state index contributed by atoms with van der Waals surface area (Å²) in [5, 5.41) is 3.87. The van der Waals surface area contributed by atoms with Crippen molar-refractivity contribution in [1.29, 1.82) is 0 Å². The summed E-state index contributed by atoms with van der Waals surface area (Å²) in [6.45, 7) is 3.89. The fraction of sp³-hybridized carbons (Fsp3) is 0.778. The molecule has 1 aliphatic rings. The number of hydrogen-bond donors (Lipinski definition) is 2. The van der Waals surface area contributed by atoms with E-state index in [0.29, 0.717) is 19.6 Å². The third kappa shape index (κ3) is 3.39. The molecule has 1 saturated heterocycles. The lowest BCUT2D eigenvalue weighted by Crippen LogP contribution is -2.54. The molecule has 0 aromatic heterocycles. The minimum Gasteiger partial charge on any atom is -0.355 e. The number of nitrogens with zero attached hydrogens (tertiary/aromatic N) is 2. The molecule has 1 aliphatic heterocycles. The first-order valence-electron chi connectivity index (χ1n) is 5.23. The van der Waals surface area contributed by atoms with Gasteiger partial charge in [-0.15, -0.1) is 0 Å². The molecule has 0 aromatic carbocycles. The van der Waals surface area contributed by atoms with Gasteiger partial charge in [0.1, 0.15) is 6.54 Å². The van der Waals surface area contributed by atoms with Gasteiger partial charge in [0.15, 0.2) is 0 Å². The second-order valence-corrected chi connectivity index (χ2v) is 3.60. The topological polar surface area (TPSA) is 78.7 Å². The van der Waals surface area contributed by atoms with Crippen LogP contribution in [0.4, 0.5) is 4.79 Å². The highest BCUT2D eigenvalue weighted by Gasteiger charge is 2.24. The zero-order chi connectivity index (χ0) is 11.3. The van der Waals surface area contributed by atoms with Crippen LogP contribution in [0.25, 0.3) is 0 Å². The Morgan fingerprint density at radius 2 is 2.27 bits per heavy atom. The van der Waals surface area contributed by atoms with Crippen molar-refractivity contribution in [3.63, 3.8) is 0 Å². The maximum atomic E-state index is 11.5. The Balaban J connectivity index is 2.36. The fourth-order valence-corrected chi connectivity index (χ4v) is 1.45. The zero-order valence-corrected chi connectivity index (χ0v) is 9.03. The second-order valence-electron chi connectivity index (χ2n) is 3.60. The number of nitrogens with two attached hydrogens (primary N) is 1. The van der Waals surface area contributed by atoms with Crippen molar-refractivity contribution in [3.8, 4) is 0 Å². The molecule has 1 fully saturated rings. The minimum absolute atomic E-state index is 0.104. The SMILES string of the molecule is CCCNC(=O)CN1CCCN(N)C1=O. The molecule has 0 unspecified atom stereocenters. The molecule has 0 bridgehead atoms. The van der Waals surface area contributed by atoms with Crippen LogP contribution in [0, 0.1) is 0 Å². The average molecular weight is 214 g/mol. The van der Waals surface area contributed by atoms with E-state index >= 15 is 0 Å². The molecule has 6 nitrogen and oxygen atoms in total. The van der Waals surface area contributed by atoms with Crippen LogP contribution in [0.3, 0.4) is 0 Å². The quantitative estimate of drug-likeness (QED) is 0.490. The predicted octanol–water partition coefficient (Wildman–Crippen LogP) is -0.486. The number of urea groups is 1. The van der Waals surface area contributed by atoms with Gasteiger partial charge in [-0.1, -0.05) is 6.92 Å². The molecule has 86 valence electrons. The highest BCUT2D eigenvalue weighted by atomic mass is 16.2. The van der Waals surface area contributed by atoms with Crippen molar-refractivity contribution in [1.82, 2.24) is 15.2 Å². The van der Waals surface area contributed by atoms with E-state index < -0.39 is 0 Å². The average Bonchev–Trinajstić information content (AvgIpc) is 2.22. The lowest BCUT2D eigenvalue weighted by molar-refractivity contribution is -0.121. The second kappa shape index (κ2) is 5.55. The summed E-state index contributed by atoms with van der Waals surface area (Å²) in [7, 11) is 0.